The number of nitrogens with one attached hydrogen (secondary N) is 1. The lowest BCUT2D eigenvalue weighted by Gasteiger charge is -2.15. The van der Waals surface area contributed by atoms with Crippen LogP contribution >= 0.6 is 34.8 Å². The maximum atomic E-state index is 12.2. The number of benzene rings is 4. The Morgan fingerprint density at radius 3 is 2.18 bits per heavy atom. The van der Waals surface area contributed by atoms with Crippen molar-refractivity contribution in [1.82, 2.24) is 5.43 Å². The van der Waals surface area contributed by atoms with Gasteiger partial charge in [0.2, 0.25) is 0 Å². The molecular formula is C30H25Cl3N2O4. The summed E-state index contributed by atoms with van der Waals surface area (Å²) < 4.78 is 17.7. The van der Waals surface area contributed by atoms with E-state index < -0.39 is 0 Å². The lowest BCUT2D eigenvalue weighted by molar-refractivity contribution is 0.0955. The lowest BCUT2D eigenvalue weighted by atomic mass is 10.2. The molecule has 0 aromatic heterocycles. The smallest absolute Gasteiger partial charge is 0.271 e. The Kier molecular flexibility index (Phi) is 10.1. The Labute approximate surface area is 242 Å². The zero-order chi connectivity index (χ0) is 27.6. The summed E-state index contributed by atoms with van der Waals surface area (Å²) in [4.78, 5) is 12.2. The van der Waals surface area contributed by atoms with Crippen LogP contribution < -0.4 is 19.6 Å². The zero-order valence-corrected chi connectivity index (χ0v) is 23.3. The molecule has 0 spiro atoms. The Bertz CT molecular complexity index is 1420. The van der Waals surface area contributed by atoms with Crippen LogP contribution in [0.25, 0.3) is 0 Å². The molecule has 200 valence electrons. The molecule has 0 aliphatic carbocycles. The fourth-order valence-corrected chi connectivity index (χ4v) is 4.28. The second-order valence-corrected chi connectivity index (χ2v) is 9.55. The van der Waals surface area contributed by atoms with E-state index in [1.807, 2.05) is 55.5 Å². The van der Waals surface area contributed by atoms with Crippen molar-refractivity contribution in [1.29, 1.82) is 0 Å². The van der Waals surface area contributed by atoms with Crippen LogP contribution in [0.3, 0.4) is 0 Å². The number of rotatable bonds is 11. The number of nitrogens with zero attached hydrogens (tertiary/aromatic N) is 1. The monoisotopic (exact) mass is 582 g/mol. The minimum absolute atomic E-state index is 0.211. The Hall–Kier alpha value is -3.71. The van der Waals surface area contributed by atoms with Crippen molar-refractivity contribution in [3.05, 3.63) is 122 Å². The standard InChI is InChI=1S/C30H25Cl3N2O4/c1-2-37-28-16-21(8-13-27(28)38-18-20-6-4-3-5-7-20)19-39-29-25(32)14-22(15-26(29)33)17-34-35-30(36)23-9-11-24(31)12-10-23/h3-17H,2,18-19H2,1H3,(H,35,36)/b34-17+. The summed E-state index contributed by atoms with van der Waals surface area (Å²) in [5.74, 6) is 1.23. The van der Waals surface area contributed by atoms with Crippen molar-refractivity contribution >= 4 is 46.9 Å². The SMILES string of the molecule is CCOc1cc(COc2c(Cl)cc(/C=N/NC(=O)c3ccc(Cl)cc3)cc2Cl)ccc1OCc1ccccc1. The van der Waals surface area contributed by atoms with Crippen molar-refractivity contribution in [2.45, 2.75) is 20.1 Å². The summed E-state index contributed by atoms with van der Waals surface area (Å²) in [5.41, 5.74) is 5.39. The van der Waals surface area contributed by atoms with Gasteiger partial charge in [-0.05, 0) is 72.1 Å². The second kappa shape index (κ2) is 13.9. The van der Waals surface area contributed by atoms with Gasteiger partial charge in [0.1, 0.15) is 13.2 Å². The lowest BCUT2D eigenvalue weighted by Crippen LogP contribution is -2.17. The number of halogens is 3. The fraction of sp³-hybridized carbons (Fsp3) is 0.133. The molecular weight excluding hydrogens is 559 g/mol. The molecule has 0 unspecified atom stereocenters. The first-order valence-corrected chi connectivity index (χ1v) is 13.2. The third kappa shape index (κ3) is 8.14. The summed E-state index contributed by atoms with van der Waals surface area (Å²) in [5, 5.41) is 5.13. The molecule has 6 nitrogen and oxygen atoms in total. The zero-order valence-electron chi connectivity index (χ0n) is 21.0. The van der Waals surface area contributed by atoms with Crippen LogP contribution in [0.4, 0.5) is 0 Å². The highest BCUT2D eigenvalue weighted by atomic mass is 35.5. The van der Waals surface area contributed by atoms with Crippen LogP contribution in [0.5, 0.6) is 17.2 Å². The maximum absolute atomic E-state index is 12.2. The van der Waals surface area contributed by atoms with Gasteiger partial charge in [0.25, 0.3) is 5.91 Å². The van der Waals surface area contributed by atoms with E-state index in [2.05, 4.69) is 10.5 Å². The molecule has 4 rings (SSSR count). The average Bonchev–Trinajstić information content (AvgIpc) is 2.93. The molecule has 0 fully saturated rings. The number of carbonyl (C=O) groups is 1. The molecule has 4 aromatic carbocycles. The van der Waals surface area contributed by atoms with Crippen molar-refractivity contribution in [2.75, 3.05) is 6.61 Å². The average molecular weight is 584 g/mol. The van der Waals surface area contributed by atoms with Gasteiger partial charge >= 0.3 is 0 Å². The molecule has 0 atom stereocenters. The van der Waals surface area contributed by atoms with Gasteiger partial charge in [-0.3, -0.25) is 4.79 Å². The van der Waals surface area contributed by atoms with E-state index >= 15 is 0 Å². The largest absolute Gasteiger partial charge is 0.490 e. The number of carbonyl (C=O) groups excluding carboxylic acids is 1. The van der Waals surface area contributed by atoms with E-state index in [0.29, 0.717) is 56.7 Å². The minimum atomic E-state index is -0.372. The number of hydrogen-bond acceptors (Lipinski definition) is 5. The third-order valence-corrected chi connectivity index (χ3v) is 6.25. The molecule has 4 aromatic rings. The summed E-state index contributed by atoms with van der Waals surface area (Å²) in [6, 6.07) is 25.3. The van der Waals surface area contributed by atoms with Crippen LogP contribution in [-0.2, 0) is 13.2 Å². The van der Waals surface area contributed by atoms with Gasteiger partial charge in [0, 0.05) is 10.6 Å². The highest BCUT2D eigenvalue weighted by Crippen LogP contribution is 2.35. The van der Waals surface area contributed by atoms with Crippen molar-refractivity contribution < 1.29 is 19.0 Å². The van der Waals surface area contributed by atoms with Gasteiger partial charge in [0.15, 0.2) is 17.2 Å². The fourth-order valence-electron chi connectivity index (χ4n) is 3.54. The van der Waals surface area contributed by atoms with Crippen LogP contribution in [0.2, 0.25) is 15.1 Å². The molecule has 0 saturated carbocycles. The Morgan fingerprint density at radius 1 is 0.795 bits per heavy atom. The Morgan fingerprint density at radius 2 is 1.49 bits per heavy atom. The molecule has 39 heavy (non-hydrogen) atoms. The molecule has 0 heterocycles. The minimum Gasteiger partial charge on any atom is -0.490 e. The summed E-state index contributed by atoms with van der Waals surface area (Å²) in [6.45, 7) is 3.05. The quantitative estimate of drug-likeness (QED) is 0.144. The first kappa shape index (κ1) is 28.3. The predicted octanol–water partition coefficient (Wildman–Crippen LogP) is 7.97. The van der Waals surface area contributed by atoms with Gasteiger partial charge in [-0.15, -0.1) is 0 Å². The van der Waals surface area contributed by atoms with E-state index in [1.165, 1.54) is 6.21 Å². The predicted molar refractivity (Wildman–Crippen MR) is 156 cm³/mol. The van der Waals surface area contributed by atoms with Crippen LogP contribution in [-0.4, -0.2) is 18.7 Å². The summed E-state index contributed by atoms with van der Waals surface area (Å²) in [6.07, 6.45) is 1.44. The Balaban J connectivity index is 1.38. The second-order valence-electron chi connectivity index (χ2n) is 8.30. The number of ether oxygens (including phenoxy) is 3. The molecule has 9 heteroatoms. The van der Waals surface area contributed by atoms with Crippen molar-refractivity contribution in [2.24, 2.45) is 5.10 Å². The number of amides is 1. The maximum Gasteiger partial charge on any atom is 0.271 e. The number of hydrazone groups is 1. The van der Waals surface area contributed by atoms with Crippen molar-refractivity contribution in [3.8, 4) is 17.2 Å². The summed E-state index contributed by atoms with van der Waals surface area (Å²) in [7, 11) is 0. The first-order valence-electron chi connectivity index (χ1n) is 12.1. The highest BCUT2D eigenvalue weighted by molar-refractivity contribution is 6.37. The van der Waals surface area contributed by atoms with E-state index in [0.717, 1.165) is 11.1 Å². The molecule has 0 bridgehead atoms. The van der Waals surface area contributed by atoms with Crippen LogP contribution in [0, 0.1) is 0 Å². The third-order valence-electron chi connectivity index (χ3n) is 5.44. The molecule has 0 saturated heterocycles. The number of hydrogen-bond donors (Lipinski definition) is 1. The summed E-state index contributed by atoms with van der Waals surface area (Å²) >= 11 is 18.7. The molecule has 0 aliphatic rings. The van der Waals surface area contributed by atoms with E-state index in [9.17, 15) is 4.79 Å². The molecule has 0 aliphatic heterocycles. The van der Waals surface area contributed by atoms with Crippen LogP contribution in [0.1, 0.15) is 34.0 Å². The van der Waals surface area contributed by atoms with Gasteiger partial charge < -0.3 is 14.2 Å². The topological polar surface area (TPSA) is 69.2 Å². The van der Waals surface area contributed by atoms with E-state index in [1.54, 1.807) is 36.4 Å². The van der Waals surface area contributed by atoms with Crippen LogP contribution in [0.15, 0.2) is 90.0 Å². The molecule has 0 radical (unpaired) electrons. The van der Waals surface area contributed by atoms with Gasteiger partial charge in [0.05, 0.1) is 22.9 Å². The van der Waals surface area contributed by atoms with Gasteiger partial charge in [-0.2, -0.15) is 5.10 Å². The van der Waals surface area contributed by atoms with E-state index in [4.69, 9.17) is 49.0 Å². The van der Waals surface area contributed by atoms with Gasteiger partial charge in [-0.25, -0.2) is 5.43 Å². The molecule has 1 amide bonds. The highest BCUT2D eigenvalue weighted by Gasteiger charge is 2.12. The molecule has 1 N–H and O–H groups in total. The van der Waals surface area contributed by atoms with Gasteiger partial charge in [-0.1, -0.05) is 71.2 Å². The normalized spacial score (nSPS) is 10.9. The van der Waals surface area contributed by atoms with Crippen molar-refractivity contribution in [3.63, 3.8) is 0 Å². The first-order chi connectivity index (χ1) is 18.9. The van der Waals surface area contributed by atoms with E-state index in [-0.39, 0.29) is 12.5 Å².